The van der Waals surface area contributed by atoms with Crippen LogP contribution in [0.3, 0.4) is 0 Å². The maximum absolute atomic E-state index is 12.8. The monoisotopic (exact) mass is 521 g/mol. The Morgan fingerprint density at radius 2 is 1.43 bits per heavy atom. The SMILES string of the molecule is CCOC(=O)CNC(=O)c1ccc(CCC(CC(=O)c2ccc(-c3ccc(Cl)cc3)cc2)C(=O)O)cc1. The van der Waals surface area contributed by atoms with Crippen molar-refractivity contribution in [3.05, 3.63) is 94.5 Å². The zero-order valence-electron chi connectivity index (χ0n) is 20.4. The van der Waals surface area contributed by atoms with Crippen LogP contribution >= 0.6 is 11.6 Å². The van der Waals surface area contributed by atoms with E-state index in [1.54, 1.807) is 55.5 Å². The van der Waals surface area contributed by atoms with Gasteiger partial charge >= 0.3 is 11.9 Å². The van der Waals surface area contributed by atoms with E-state index in [2.05, 4.69) is 5.32 Å². The van der Waals surface area contributed by atoms with Crippen molar-refractivity contribution >= 4 is 35.2 Å². The van der Waals surface area contributed by atoms with Crippen LogP contribution in [-0.2, 0) is 20.7 Å². The smallest absolute Gasteiger partial charge is 0.325 e. The van der Waals surface area contributed by atoms with E-state index in [-0.39, 0.29) is 31.8 Å². The average Bonchev–Trinajstić information content (AvgIpc) is 2.90. The molecular formula is C29H28ClNO6. The van der Waals surface area contributed by atoms with Crippen LogP contribution in [0.15, 0.2) is 72.8 Å². The molecule has 0 aliphatic heterocycles. The van der Waals surface area contributed by atoms with Gasteiger partial charge in [0.2, 0.25) is 0 Å². The van der Waals surface area contributed by atoms with E-state index in [1.807, 2.05) is 24.3 Å². The van der Waals surface area contributed by atoms with Gasteiger partial charge in [0.25, 0.3) is 5.91 Å². The molecule has 0 radical (unpaired) electrons. The number of halogens is 1. The first-order valence-electron chi connectivity index (χ1n) is 11.9. The van der Waals surface area contributed by atoms with Crippen molar-refractivity contribution in [1.29, 1.82) is 0 Å². The van der Waals surface area contributed by atoms with E-state index in [0.29, 0.717) is 22.6 Å². The fraction of sp³-hybridized carbons (Fsp3) is 0.241. The summed E-state index contributed by atoms with van der Waals surface area (Å²) in [6, 6.07) is 21.1. The summed E-state index contributed by atoms with van der Waals surface area (Å²) >= 11 is 5.93. The molecule has 0 heterocycles. The summed E-state index contributed by atoms with van der Waals surface area (Å²) in [5.41, 5.74) is 3.57. The molecule has 0 aliphatic rings. The van der Waals surface area contributed by atoms with Gasteiger partial charge in [-0.25, -0.2) is 0 Å². The van der Waals surface area contributed by atoms with E-state index in [1.165, 1.54) is 0 Å². The number of ether oxygens (including phenoxy) is 1. The van der Waals surface area contributed by atoms with Crippen molar-refractivity contribution in [1.82, 2.24) is 5.32 Å². The average molecular weight is 522 g/mol. The van der Waals surface area contributed by atoms with Crippen molar-refractivity contribution < 1.29 is 29.0 Å². The first-order valence-corrected chi connectivity index (χ1v) is 12.3. The summed E-state index contributed by atoms with van der Waals surface area (Å²) in [6.45, 7) is 1.71. The topological polar surface area (TPSA) is 110 Å². The zero-order valence-corrected chi connectivity index (χ0v) is 21.2. The number of carboxylic acid groups (broad SMARTS) is 1. The number of carbonyl (C=O) groups is 4. The van der Waals surface area contributed by atoms with Gasteiger partial charge in [0.15, 0.2) is 5.78 Å². The molecule has 1 atom stereocenters. The normalized spacial score (nSPS) is 11.4. The molecule has 37 heavy (non-hydrogen) atoms. The quantitative estimate of drug-likeness (QED) is 0.250. The van der Waals surface area contributed by atoms with E-state index >= 15 is 0 Å². The number of benzene rings is 3. The summed E-state index contributed by atoms with van der Waals surface area (Å²) in [6.07, 6.45) is 0.604. The number of carboxylic acids is 1. The van der Waals surface area contributed by atoms with Gasteiger partial charge in [0, 0.05) is 22.6 Å². The third-order valence-electron chi connectivity index (χ3n) is 5.86. The maximum Gasteiger partial charge on any atom is 0.325 e. The number of ketones is 1. The Hall–Kier alpha value is -3.97. The Morgan fingerprint density at radius 1 is 0.865 bits per heavy atom. The number of esters is 1. The third kappa shape index (κ3) is 8.29. The lowest BCUT2D eigenvalue weighted by molar-refractivity contribution is -0.142. The number of carbonyl (C=O) groups excluding carboxylic acids is 3. The molecule has 2 N–H and O–H groups in total. The Bertz CT molecular complexity index is 1240. The molecule has 3 aromatic rings. The standard InChI is InChI=1S/C29H28ClNO6/c1-2-37-27(33)18-31-28(34)23-6-3-19(4-7-23)5-8-24(29(35)36)17-26(32)22-11-9-20(10-12-22)21-13-15-25(30)16-14-21/h3-4,6-7,9-16,24H,2,5,8,17-18H2,1H3,(H,31,34)(H,35,36). The predicted molar refractivity (Wildman–Crippen MR) is 141 cm³/mol. The Balaban J connectivity index is 1.54. The fourth-order valence-corrected chi connectivity index (χ4v) is 3.90. The van der Waals surface area contributed by atoms with Crippen LogP contribution in [0.2, 0.25) is 5.02 Å². The number of aryl methyl sites for hydroxylation is 1. The van der Waals surface area contributed by atoms with Crippen molar-refractivity contribution in [3.8, 4) is 11.1 Å². The molecule has 8 heteroatoms. The van der Waals surface area contributed by atoms with Gasteiger partial charge in [0.05, 0.1) is 12.5 Å². The van der Waals surface area contributed by atoms with Gasteiger partial charge in [-0.1, -0.05) is 60.1 Å². The molecule has 0 fully saturated rings. The molecule has 3 rings (SSSR count). The predicted octanol–water partition coefficient (Wildman–Crippen LogP) is 5.21. The molecule has 0 aromatic heterocycles. The van der Waals surface area contributed by atoms with Crippen LogP contribution in [0.1, 0.15) is 46.0 Å². The lowest BCUT2D eigenvalue weighted by Crippen LogP contribution is -2.30. The Kier molecular flexibility index (Phi) is 9.98. The molecule has 0 saturated carbocycles. The first-order chi connectivity index (χ1) is 17.8. The molecule has 0 saturated heterocycles. The number of hydrogen-bond acceptors (Lipinski definition) is 5. The van der Waals surface area contributed by atoms with E-state index < -0.39 is 23.8 Å². The molecule has 1 unspecified atom stereocenters. The molecular weight excluding hydrogens is 494 g/mol. The van der Waals surface area contributed by atoms with Crippen molar-refractivity contribution in [2.45, 2.75) is 26.2 Å². The van der Waals surface area contributed by atoms with Crippen LogP contribution in [0, 0.1) is 5.92 Å². The van der Waals surface area contributed by atoms with Crippen LogP contribution in [0.25, 0.3) is 11.1 Å². The van der Waals surface area contributed by atoms with Gasteiger partial charge in [0.1, 0.15) is 6.54 Å². The molecule has 0 bridgehead atoms. The molecule has 3 aromatic carbocycles. The minimum atomic E-state index is -1.03. The summed E-state index contributed by atoms with van der Waals surface area (Å²) in [5, 5.41) is 12.8. The highest BCUT2D eigenvalue weighted by atomic mass is 35.5. The Labute approximate surface area is 220 Å². The van der Waals surface area contributed by atoms with Gasteiger partial charge in [-0.3, -0.25) is 19.2 Å². The zero-order chi connectivity index (χ0) is 26.8. The van der Waals surface area contributed by atoms with Crippen molar-refractivity contribution in [2.24, 2.45) is 5.92 Å². The lowest BCUT2D eigenvalue weighted by Gasteiger charge is -2.12. The fourth-order valence-electron chi connectivity index (χ4n) is 3.78. The van der Waals surface area contributed by atoms with Gasteiger partial charge < -0.3 is 15.2 Å². The van der Waals surface area contributed by atoms with Crippen molar-refractivity contribution in [3.63, 3.8) is 0 Å². The number of aliphatic carboxylic acids is 1. The van der Waals surface area contributed by atoms with Crippen molar-refractivity contribution in [2.75, 3.05) is 13.2 Å². The van der Waals surface area contributed by atoms with Gasteiger partial charge in [-0.2, -0.15) is 0 Å². The third-order valence-corrected chi connectivity index (χ3v) is 6.11. The number of amides is 1. The van der Waals surface area contributed by atoms with E-state index in [4.69, 9.17) is 16.3 Å². The number of nitrogens with one attached hydrogen (secondary N) is 1. The minimum absolute atomic E-state index is 0.107. The number of Topliss-reactive ketones (excluding diaryl/α,β-unsaturated/α-hetero) is 1. The highest BCUT2D eigenvalue weighted by Gasteiger charge is 2.22. The second-order valence-corrected chi connectivity index (χ2v) is 8.91. The van der Waals surface area contributed by atoms with E-state index in [0.717, 1.165) is 16.7 Å². The summed E-state index contributed by atoms with van der Waals surface area (Å²) in [7, 11) is 0. The molecule has 0 spiro atoms. The molecule has 0 aliphatic carbocycles. The van der Waals surface area contributed by atoms with Gasteiger partial charge in [-0.15, -0.1) is 0 Å². The Morgan fingerprint density at radius 3 is 2.00 bits per heavy atom. The molecule has 7 nitrogen and oxygen atoms in total. The lowest BCUT2D eigenvalue weighted by atomic mass is 9.92. The maximum atomic E-state index is 12.8. The van der Waals surface area contributed by atoms with Crippen LogP contribution in [0.5, 0.6) is 0 Å². The van der Waals surface area contributed by atoms with E-state index in [9.17, 15) is 24.3 Å². The minimum Gasteiger partial charge on any atom is -0.481 e. The highest BCUT2D eigenvalue weighted by Crippen LogP contribution is 2.23. The van der Waals surface area contributed by atoms with Crippen LogP contribution in [-0.4, -0.2) is 41.9 Å². The van der Waals surface area contributed by atoms with Crippen LogP contribution < -0.4 is 5.32 Å². The van der Waals surface area contributed by atoms with Crippen LogP contribution in [0.4, 0.5) is 0 Å². The highest BCUT2D eigenvalue weighted by molar-refractivity contribution is 6.30. The number of hydrogen-bond donors (Lipinski definition) is 2. The first kappa shape index (κ1) is 27.6. The second kappa shape index (κ2) is 13.4. The molecule has 1 amide bonds. The second-order valence-electron chi connectivity index (χ2n) is 8.47. The van der Waals surface area contributed by atoms with Gasteiger partial charge in [-0.05, 0) is 60.7 Å². The number of rotatable bonds is 12. The summed E-state index contributed by atoms with van der Waals surface area (Å²) in [4.78, 5) is 48.1. The molecule has 192 valence electrons. The largest absolute Gasteiger partial charge is 0.481 e. The summed E-state index contributed by atoms with van der Waals surface area (Å²) < 4.78 is 4.77. The summed E-state index contributed by atoms with van der Waals surface area (Å²) in [5.74, 6) is -3.02.